The molecule has 1 aromatic carbocycles. The molecule has 0 aliphatic carbocycles. The number of hydrogen-bond acceptors (Lipinski definition) is 8. The van der Waals surface area contributed by atoms with Crippen molar-refractivity contribution in [3.63, 3.8) is 0 Å². The van der Waals surface area contributed by atoms with Crippen molar-refractivity contribution in [1.82, 2.24) is 10.2 Å². The van der Waals surface area contributed by atoms with Crippen molar-refractivity contribution in [2.24, 2.45) is 0 Å². The number of hydrogen-bond donors (Lipinski definition) is 4. The van der Waals surface area contributed by atoms with Crippen molar-refractivity contribution in [1.29, 1.82) is 0 Å². The van der Waals surface area contributed by atoms with Crippen molar-refractivity contribution < 1.29 is 38.9 Å². The van der Waals surface area contributed by atoms with Crippen molar-refractivity contribution in [2.75, 3.05) is 38.6 Å². The Hall–Kier alpha value is -3.93. The van der Waals surface area contributed by atoms with Gasteiger partial charge in [0, 0.05) is 56.3 Å². The molecule has 0 radical (unpaired) electrons. The number of benzene rings is 1. The fourth-order valence-corrected chi connectivity index (χ4v) is 4.01. The third-order valence-electron chi connectivity index (χ3n) is 5.58. The number of rotatable bonds is 13. The molecule has 0 aliphatic rings. The molecule has 0 aliphatic heterocycles. The summed E-state index contributed by atoms with van der Waals surface area (Å²) in [7, 11) is 3.53. The molecule has 35 heavy (non-hydrogen) atoms. The van der Waals surface area contributed by atoms with Gasteiger partial charge in [-0.3, -0.25) is 19.3 Å². The van der Waals surface area contributed by atoms with Gasteiger partial charge in [-0.1, -0.05) is 0 Å². The topological polar surface area (TPSA) is 178 Å². The first-order valence-electron chi connectivity index (χ1n) is 10.8. The predicted molar refractivity (Wildman–Crippen MR) is 126 cm³/mol. The molecule has 1 atom stereocenters. The summed E-state index contributed by atoms with van der Waals surface area (Å²) in [5.74, 6) is -4.64. The summed E-state index contributed by atoms with van der Waals surface area (Å²) >= 11 is 0. The van der Waals surface area contributed by atoms with E-state index in [0.717, 1.165) is 11.0 Å². The van der Waals surface area contributed by atoms with Gasteiger partial charge in [0.25, 0.3) is 0 Å². The fourth-order valence-electron chi connectivity index (χ4n) is 4.01. The van der Waals surface area contributed by atoms with E-state index in [1.54, 1.807) is 37.2 Å². The highest BCUT2D eigenvalue weighted by molar-refractivity contribution is 5.92. The van der Waals surface area contributed by atoms with Crippen LogP contribution in [-0.2, 0) is 24.7 Å². The first kappa shape index (κ1) is 27.3. The lowest BCUT2D eigenvalue weighted by atomic mass is 9.81. The Kier molecular flexibility index (Phi) is 8.95. The largest absolute Gasteiger partial charge is 0.480 e. The van der Waals surface area contributed by atoms with Crippen molar-refractivity contribution in [3.05, 3.63) is 40.2 Å². The number of carbonyl (C=O) groups excluding carboxylic acids is 1. The van der Waals surface area contributed by atoms with Crippen LogP contribution in [0.3, 0.4) is 0 Å². The minimum absolute atomic E-state index is 0.0661. The minimum atomic E-state index is -2.18. The highest BCUT2D eigenvalue weighted by atomic mass is 16.4. The van der Waals surface area contributed by atoms with E-state index in [9.17, 15) is 39.3 Å². The number of carboxylic acids is 3. The van der Waals surface area contributed by atoms with E-state index in [4.69, 9.17) is 4.42 Å². The first-order valence-corrected chi connectivity index (χ1v) is 10.8. The third-order valence-corrected chi connectivity index (χ3v) is 5.58. The maximum Gasteiger partial charge on any atom is 0.336 e. The Morgan fingerprint density at radius 3 is 2.14 bits per heavy atom. The second kappa shape index (κ2) is 11.5. The SMILES string of the molecule is CC(=O)NCCCCC(C(=O)O)(c1cc(=O)oc2cc(N(C)C)ccc12)N(CC(=O)O)CC(=O)O. The summed E-state index contributed by atoms with van der Waals surface area (Å²) in [6.45, 7) is -0.225. The summed E-state index contributed by atoms with van der Waals surface area (Å²) in [5, 5.41) is 32.2. The van der Waals surface area contributed by atoms with Gasteiger partial charge in [0.2, 0.25) is 5.91 Å². The van der Waals surface area contributed by atoms with Gasteiger partial charge < -0.3 is 30.0 Å². The van der Waals surface area contributed by atoms with Gasteiger partial charge in [-0.15, -0.1) is 0 Å². The van der Waals surface area contributed by atoms with E-state index in [1.165, 1.54) is 6.92 Å². The van der Waals surface area contributed by atoms with Crippen LogP contribution < -0.4 is 15.8 Å². The van der Waals surface area contributed by atoms with Crippen LogP contribution in [0.5, 0.6) is 0 Å². The Labute approximate surface area is 200 Å². The van der Waals surface area contributed by atoms with Gasteiger partial charge in [-0.2, -0.15) is 0 Å². The second-order valence-corrected chi connectivity index (χ2v) is 8.30. The van der Waals surface area contributed by atoms with Gasteiger partial charge in [0.05, 0.1) is 13.1 Å². The molecule has 0 bridgehead atoms. The Bertz CT molecular complexity index is 1160. The van der Waals surface area contributed by atoms with Crippen molar-refractivity contribution in [2.45, 2.75) is 31.7 Å². The van der Waals surface area contributed by atoms with E-state index in [0.29, 0.717) is 12.1 Å². The second-order valence-electron chi connectivity index (χ2n) is 8.30. The number of fused-ring (bicyclic) bond motifs is 1. The van der Waals surface area contributed by atoms with Crippen molar-refractivity contribution >= 4 is 40.5 Å². The zero-order valence-electron chi connectivity index (χ0n) is 19.7. The van der Waals surface area contributed by atoms with Crippen LogP contribution in [0.25, 0.3) is 11.0 Å². The molecule has 1 unspecified atom stereocenters. The molecular weight excluding hydrogens is 462 g/mol. The molecule has 0 saturated carbocycles. The number of anilines is 1. The molecule has 0 spiro atoms. The lowest BCUT2D eigenvalue weighted by Gasteiger charge is -2.40. The lowest BCUT2D eigenvalue weighted by molar-refractivity contribution is -0.159. The number of nitrogens with zero attached hydrogens (tertiary/aromatic N) is 2. The number of nitrogens with one attached hydrogen (secondary N) is 1. The van der Waals surface area contributed by atoms with Crippen LogP contribution in [0.2, 0.25) is 0 Å². The van der Waals surface area contributed by atoms with E-state index < -0.39 is 42.2 Å². The highest BCUT2D eigenvalue weighted by Crippen LogP contribution is 2.38. The molecule has 0 fully saturated rings. The predicted octanol–water partition coefficient (Wildman–Crippen LogP) is 0.917. The highest BCUT2D eigenvalue weighted by Gasteiger charge is 2.48. The molecule has 190 valence electrons. The standard InChI is InChI=1S/C23H29N3O9/c1-14(27)24-9-5-4-8-23(22(33)34,26(12-19(28)29)13-20(30)31)17-11-21(32)35-18-10-15(25(2)3)6-7-16(17)18/h6-7,10-11H,4-5,8-9,12-13H2,1-3H3,(H,24,27)(H,28,29)(H,30,31)(H,33,34). The van der Waals surface area contributed by atoms with Crippen LogP contribution in [0.15, 0.2) is 33.5 Å². The maximum absolute atomic E-state index is 12.9. The van der Waals surface area contributed by atoms with Crippen LogP contribution in [0.1, 0.15) is 31.7 Å². The Morgan fingerprint density at radius 2 is 1.63 bits per heavy atom. The molecule has 2 rings (SSSR count). The zero-order valence-corrected chi connectivity index (χ0v) is 19.7. The Balaban J connectivity index is 2.77. The Morgan fingerprint density at radius 1 is 1.00 bits per heavy atom. The number of aliphatic carboxylic acids is 3. The lowest BCUT2D eigenvalue weighted by Crippen LogP contribution is -2.55. The molecular formula is C23H29N3O9. The molecule has 4 N–H and O–H groups in total. The summed E-state index contributed by atoms with van der Waals surface area (Å²) in [6, 6.07) is 5.74. The third kappa shape index (κ3) is 6.57. The maximum atomic E-state index is 12.9. The first-order chi connectivity index (χ1) is 16.4. The average Bonchev–Trinajstić information content (AvgIpc) is 2.73. The summed E-state index contributed by atoms with van der Waals surface area (Å²) in [5.41, 5.74) is -2.36. The quantitative estimate of drug-likeness (QED) is 0.231. The van der Waals surface area contributed by atoms with Crippen LogP contribution >= 0.6 is 0 Å². The number of unbranched alkanes of at least 4 members (excludes halogenated alkanes) is 1. The minimum Gasteiger partial charge on any atom is -0.480 e. The molecule has 2 aromatic rings. The van der Waals surface area contributed by atoms with Gasteiger partial charge in [0.15, 0.2) is 0 Å². The zero-order chi connectivity index (χ0) is 26.3. The van der Waals surface area contributed by atoms with E-state index in [1.807, 2.05) is 0 Å². The van der Waals surface area contributed by atoms with Crippen LogP contribution in [0.4, 0.5) is 5.69 Å². The monoisotopic (exact) mass is 491 g/mol. The summed E-state index contributed by atoms with van der Waals surface area (Å²) < 4.78 is 5.31. The van der Waals surface area contributed by atoms with Gasteiger partial charge in [-0.05, 0) is 31.4 Å². The molecule has 12 nitrogen and oxygen atoms in total. The van der Waals surface area contributed by atoms with Gasteiger partial charge in [0.1, 0.15) is 11.1 Å². The molecule has 1 aromatic heterocycles. The van der Waals surface area contributed by atoms with E-state index in [2.05, 4.69) is 5.32 Å². The van der Waals surface area contributed by atoms with Gasteiger partial charge >= 0.3 is 23.5 Å². The van der Waals surface area contributed by atoms with Crippen molar-refractivity contribution in [3.8, 4) is 0 Å². The van der Waals surface area contributed by atoms with Crippen LogP contribution in [-0.4, -0.2) is 77.8 Å². The molecule has 0 saturated heterocycles. The fraction of sp³-hybridized carbons (Fsp3) is 0.435. The number of amides is 1. The number of carboxylic acid groups (broad SMARTS) is 3. The normalized spacial score (nSPS) is 12.8. The molecule has 1 amide bonds. The average molecular weight is 491 g/mol. The molecule has 12 heteroatoms. The summed E-state index contributed by atoms with van der Waals surface area (Å²) in [4.78, 5) is 62.4. The van der Waals surface area contributed by atoms with Crippen LogP contribution in [0, 0.1) is 0 Å². The van der Waals surface area contributed by atoms with E-state index >= 15 is 0 Å². The van der Waals surface area contributed by atoms with E-state index in [-0.39, 0.29) is 41.8 Å². The number of carbonyl (C=O) groups is 4. The molecule has 1 heterocycles. The van der Waals surface area contributed by atoms with Gasteiger partial charge in [-0.25, -0.2) is 9.59 Å². The smallest absolute Gasteiger partial charge is 0.336 e. The summed E-state index contributed by atoms with van der Waals surface area (Å²) in [6.07, 6.45) is 0.295.